The van der Waals surface area contributed by atoms with Crippen LogP contribution in [0.15, 0.2) is 47.0 Å². The monoisotopic (exact) mass is 506 g/mol. The van der Waals surface area contributed by atoms with Crippen LogP contribution in [0.4, 0.5) is 36.4 Å². The molecule has 3 heterocycles. The minimum absolute atomic E-state index is 0.135. The average molecular weight is 506 g/mol. The van der Waals surface area contributed by atoms with E-state index >= 15 is 0 Å². The van der Waals surface area contributed by atoms with Gasteiger partial charge in [0.25, 0.3) is 0 Å². The number of carboxylic acids is 1. The summed E-state index contributed by atoms with van der Waals surface area (Å²) in [5.74, 6) is -1.30. The van der Waals surface area contributed by atoms with Crippen LogP contribution in [0, 0.1) is 5.92 Å². The van der Waals surface area contributed by atoms with E-state index in [1.165, 1.54) is 18.3 Å². The lowest BCUT2D eigenvalue weighted by atomic mass is 9.94. The highest BCUT2D eigenvalue weighted by Gasteiger charge is 2.31. The minimum atomic E-state index is -4.79. The summed E-state index contributed by atoms with van der Waals surface area (Å²) in [5.41, 5.74) is 0.740. The topological polar surface area (TPSA) is 143 Å². The number of aliphatic carboxylic acids is 1. The zero-order valence-corrected chi connectivity index (χ0v) is 18.7. The van der Waals surface area contributed by atoms with Crippen LogP contribution in [-0.4, -0.2) is 51.6 Å². The van der Waals surface area contributed by atoms with Gasteiger partial charge in [-0.3, -0.25) is 9.59 Å². The Labute approximate surface area is 202 Å². The molecule has 14 heteroatoms. The first kappa shape index (κ1) is 24.8. The summed E-state index contributed by atoms with van der Waals surface area (Å²) >= 11 is 0. The van der Waals surface area contributed by atoms with Gasteiger partial charge in [-0.15, -0.1) is 18.3 Å². The quantitative estimate of drug-likeness (QED) is 0.409. The first-order valence-corrected chi connectivity index (χ1v) is 10.8. The van der Waals surface area contributed by atoms with Gasteiger partial charge in [0.15, 0.2) is 0 Å². The van der Waals surface area contributed by atoms with Crippen molar-refractivity contribution in [3.63, 3.8) is 0 Å². The van der Waals surface area contributed by atoms with E-state index in [1.54, 1.807) is 12.1 Å². The molecule has 1 saturated heterocycles. The number of alkyl halides is 3. The number of pyridine rings is 1. The van der Waals surface area contributed by atoms with Crippen molar-refractivity contribution in [1.29, 1.82) is 0 Å². The van der Waals surface area contributed by atoms with Crippen LogP contribution in [0.1, 0.15) is 29.9 Å². The fraction of sp³-hybridized carbons (Fsp3) is 0.318. The molecule has 4 rings (SSSR count). The van der Waals surface area contributed by atoms with Crippen LogP contribution in [0.5, 0.6) is 5.75 Å². The van der Waals surface area contributed by atoms with Gasteiger partial charge in [-0.2, -0.15) is 0 Å². The number of halogens is 3. The van der Waals surface area contributed by atoms with Crippen molar-refractivity contribution in [2.75, 3.05) is 28.6 Å². The van der Waals surface area contributed by atoms with Gasteiger partial charge in [-0.05, 0) is 55.2 Å². The third kappa shape index (κ3) is 6.84. The second kappa shape index (κ2) is 10.5. The number of benzene rings is 1. The zero-order valence-electron chi connectivity index (χ0n) is 18.7. The molecule has 1 fully saturated rings. The third-order valence-electron chi connectivity index (χ3n) is 5.37. The number of amides is 1. The van der Waals surface area contributed by atoms with Gasteiger partial charge in [-0.25, -0.2) is 4.98 Å². The molecule has 1 aromatic carbocycles. The first-order valence-electron chi connectivity index (χ1n) is 10.8. The highest BCUT2D eigenvalue weighted by atomic mass is 19.4. The second-order valence-electron chi connectivity index (χ2n) is 8.00. The van der Waals surface area contributed by atoms with Crippen molar-refractivity contribution in [2.24, 2.45) is 5.92 Å². The van der Waals surface area contributed by atoms with Crippen molar-refractivity contribution >= 4 is 35.1 Å². The summed E-state index contributed by atoms with van der Waals surface area (Å²) in [6.07, 6.45) is -1.60. The molecular weight excluding hydrogens is 485 g/mol. The predicted molar refractivity (Wildman–Crippen MR) is 120 cm³/mol. The fourth-order valence-corrected chi connectivity index (χ4v) is 3.67. The number of rotatable bonds is 8. The molecule has 2 aromatic heterocycles. The van der Waals surface area contributed by atoms with E-state index < -0.39 is 18.2 Å². The molecule has 1 amide bonds. The van der Waals surface area contributed by atoms with E-state index in [0.29, 0.717) is 24.5 Å². The summed E-state index contributed by atoms with van der Waals surface area (Å²) in [6, 6.07) is 8.12. The number of carbonyl (C=O) groups excluding carboxylic acids is 1. The van der Waals surface area contributed by atoms with E-state index in [1.807, 2.05) is 0 Å². The van der Waals surface area contributed by atoms with Crippen LogP contribution in [0.2, 0.25) is 0 Å². The first-order chi connectivity index (χ1) is 17.1. The molecule has 1 aliphatic heterocycles. The summed E-state index contributed by atoms with van der Waals surface area (Å²) < 4.78 is 45.8. The Morgan fingerprint density at radius 1 is 1.08 bits per heavy atom. The van der Waals surface area contributed by atoms with Crippen molar-refractivity contribution in [2.45, 2.75) is 25.6 Å². The largest absolute Gasteiger partial charge is 0.573 e. The molecule has 0 radical (unpaired) electrons. The molecule has 0 unspecified atom stereocenters. The van der Waals surface area contributed by atoms with Crippen molar-refractivity contribution in [3.8, 4) is 5.75 Å². The molecule has 36 heavy (non-hydrogen) atoms. The Balaban J connectivity index is 1.29. The number of hydrogen-bond donors (Lipinski definition) is 3. The minimum Gasteiger partial charge on any atom is -0.481 e. The molecule has 0 aliphatic carbocycles. The van der Waals surface area contributed by atoms with Gasteiger partial charge >= 0.3 is 30.1 Å². The van der Waals surface area contributed by atoms with Crippen LogP contribution in [-0.2, 0) is 4.79 Å². The van der Waals surface area contributed by atoms with E-state index in [9.17, 15) is 22.8 Å². The number of nitrogens with zero attached hydrogens (tertiary/aromatic N) is 4. The standard InChI is InChI=1S/C22H21F3N6O5/c23-22(24,25)36-16-4-1-14(2-5-16)28-21-30-29-20(35-21)19(34)27-15-3-6-17(26-12-15)31-9-7-13(8-10-31)11-18(32)33/h1-6,12-13H,7-11H2,(H,27,34)(H,28,30)(H,32,33). The van der Waals surface area contributed by atoms with Gasteiger partial charge in [0.05, 0.1) is 11.9 Å². The molecule has 0 saturated carbocycles. The average Bonchev–Trinajstić information content (AvgIpc) is 3.29. The van der Waals surface area contributed by atoms with Crippen LogP contribution in [0.25, 0.3) is 0 Å². The number of piperidine rings is 1. The third-order valence-corrected chi connectivity index (χ3v) is 5.37. The second-order valence-corrected chi connectivity index (χ2v) is 8.00. The number of ether oxygens (including phenoxy) is 1. The van der Waals surface area contributed by atoms with Gasteiger partial charge in [0.1, 0.15) is 11.6 Å². The van der Waals surface area contributed by atoms with E-state index in [-0.39, 0.29) is 30.0 Å². The lowest BCUT2D eigenvalue weighted by Gasteiger charge is -2.32. The lowest BCUT2D eigenvalue weighted by Crippen LogP contribution is -2.34. The maximum absolute atomic E-state index is 12.4. The Kier molecular flexibility index (Phi) is 7.22. The van der Waals surface area contributed by atoms with Gasteiger partial charge in [-0.1, -0.05) is 5.10 Å². The number of carbonyl (C=O) groups is 2. The molecule has 0 bridgehead atoms. The van der Waals surface area contributed by atoms with E-state index in [0.717, 1.165) is 30.8 Å². The molecule has 0 spiro atoms. The Bertz CT molecular complexity index is 1190. The highest BCUT2D eigenvalue weighted by molar-refractivity contribution is 6.00. The van der Waals surface area contributed by atoms with E-state index in [2.05, 4.69) is 35.5 Å². The zero-order chi connectivity index (χ0) is 25.7. The molecule has 0 atom stereocenters. The molecule has 1 aliphatic rings. The van der Waals surface area contributed by atoms with E-state index in [4.69, 9.17) is 9.52 Å². The van der Waals surface area contributed by atoms with Crippen LogP contribution >= 0.6 is 0 Å². The summed E-state index contributed by atoms with van der Waals surface area (Å²) in [5, 5.41) is 21.6. The number of aromatic nitrogens is 3. The number of anilines is 4. The molecule has 11 nitrogen and oxygen atoms in total. The Morgan fingerprint density at radius 2 is 1.78 bits per heavy atom. The summed E-state index contributed by atoms with van der Waals surface area (Å²) in [7, 11) is 0. The molecule has 190 valence electrons. The van der Waals surface area contributed by atoms with Gasteiger partial charge < -0.3 is 29.8 Å². The van der Waals surface area contributed by atoms with Crippen LogP contribution < -0.4 is 20.3 Å². The van der Waals surface area contributed by atoms with Crippen molar-refractivity contribution in [1.82, 2.24) is 15.2 Å². The fourth-order valence-electron chi connectivity index (χ4n) is 3.67. The van der Waals surface area contributed by atoms with Crippen LogP contribution in [0.3, 0.4) is 0 Å². The smallest absolute Gasteiger partial charge is 0.481 e. The van der Waals surface area contributed by atoms with Crippen molar-refractivity contribution < 1.29 is 37.0 Å². The summed E-state index contributed by atoms with van der Waals surface area (Å²) in [6.45, 7) is 1.40. The number of carboxylic acid groups (broad SMARTS) is 1. The maximum Gasteiger partial charge on any atom is 0.573 e. The molecule has 3 N–H and O–H groups in total. The number of hydrogen-bond acceptors (Lipinski definition) is 9. The van der Waals surface area contributed by atoms with Gasteiger partial charge in [0.2, 0.25) is 0 Å². The van der Waals surface area contributed by atoms with Crippen molar-refractivity contribution in [3.05, 3.63) is 48.5 Å². The normalized spacial score (nSPS) is 14.4. The lowest BCUT2D eigenvalue weighted by molar-refractivity contribution is -0.274. The number of nitrogens with one attached hydrogen (secondary N) is 2. The molecule has 3 aromatic rings. The summed E-state index contributed by atoms with van der Waals surface area (Å²) in [4.78, 5) is 29.7. The Hall–Kier alpha value is -4.36. The molecular formula is C22H21F3N6O5. The van der Waals surface area contributed by atoms with Gasteiger partial charge in [0, 0.05) is 25.2 Å². The highest BCUT2D eigenvalue weighted by Crippen LogP contribution is 2.26. The maximum atomic E-state index is 12.4. The SMILES string of the molecule is O=C(O)CC1CCN(c2ccc(NC(=O)c3nnc(Nc4ccc(OC(F)(F)F)cc4)o3)cn2)CC1. The predicted octanol–water partition coefficient (Wildman–Crippen LogP) is 4.05. The Morgan fingerprint density at radius 3 is 2.39 bits per heavy atom.